The van der Waals surface area contributed by atoms with Gasteiger partial charge in [-0.2, -0.15) is 0 Å². The lowest BCUT2D eigenvalue weighted by molar-refractivity contribution is -0.137. The Balaban J connectivity index is 1.90. The number of pyridine rings is 1. The Labute approximate surface area is 197 Å². The minimum Gasteiger partial charge on any atom is -0.494 e. The molecule has 0 atom stereocenters. The predicted molar refractivity (Wildman–Crippen MR) is 131 cm³/mol. The zero-order valence-corrected chi connectivity index (χ0v) is 20.0. The van der Waals surface area contributed by atoms with Crippen molar-refractivity contribution in [1.29, 1.82) is 0 Å². The van der Waals surface area contributed by atoms with Crippen LogP contribution in [0.1, 0.15) is 57.6 Å². The van der Waals surface area contributed by atoms with E-state index in [1.54, 1.807) is 12.4 Å². The van der Waals surface area contributed by atoms with Crippen LogP contribution < -0.4 is 4.74 Å². The van der Waals surface area contributed by atoms with Crippen LogP contribution in [0, 0.1) is 0 Å². The van der Waals surface area contributed by atoms with Crippen molar-refractivity contribution in [3.05, 3.63) is 65.6 Å². The topological polar surface area (TPSA) is 62.7 Å². The molecule has 0 spiro atoms. The lowest BCUT2D eigenvalue weighted by Gasteiger charge is -2.25. The number of hydrogen-bond acceptors (Lipinski definition) is 5. The summed E-state index contributed by atoms with van der Waals surface area (Å²) in [6.07, 6.45) is 8.39. The average molecular weight is 450 g/mol. The minimum absolute atomic E-state index is 0.183. The molecular weight excluding hydrogens is 414 g/mol. The normalized spacial score (nSPS) is 13.7. The maximum Gasteiger partial charge on any atom is 0.277 e. The molecule has 1 aromatic carbocycles. The number of carbonyl (C=O) groups excluding carboxylic acids is 2. The van der Waals surface area contributed by atoms with Crippen LogP contribution >= 0.6 is 0 Å². The van der Waals surface area contributed by atoms with E-state index >= 15 is 0 Å². The van der Waals surface area contributed by atoms with E-state index in [1.807, 2.05) is 55.1 Å². The molecular formula is C27H35N3O3. The molecule has 0 aliphatic carbocycles. The summed E-state index contributed by atoms with van der Waals surface area (Å²) in [7, 11) is 0. The molecule has 1 aromatic heterocycles. The second-order valence-electron chi connectivity index (χ2n) is 8.19. The molecule has 2 heterocycles. The van der Waals surface area contributed by atoms with E-state index in [4.69, 9.17) is 4.74 Å². The fourth-order valence-electron chi connectivity index (χ4n) is 4.14. The van der Waals surface area contributed by atoms with Gasteiger partial charge in [0.15, 0.2) is 0 Å². The molecule has 0 N–H and O–H groups in total. The Morgan fingerprint density at radius 2 is 1.64 bits per heavy atom. The van der Waals surface area contributed by atoms with Crippen molar-refractivity contribution in [2.24, 2.45) is 0 Å². The molecule has 6 nitrogen and oxygen atoms in total. The highest BCUT2D eigenvalue weighted by atomic mass is 16.5. The summed E-state index contributed by atoms with van der Waals surface area (Å²) >= 11 is 0. The van der Waals surface area contributed by atoms with Gasteiger partial charge in [0.25, 0.3) is 11.8 Å². The zero-order chi connectivity index (χ0) is 23.6. The van der Waals surface area contributed by atoms with Gasteiger partial charge in [0.05, 0.1) is 12.2 Å². The first-order valence-corrected chi connectivity index (χ1v) is 12.1. The highest BCUT2D eigenvalue weighted by Gasteiger charge is 2.40. The molecule has 1 aliphatic rings. The third-order valence-corrected chi connectivity index (χ3v) is 5.95. The van der Waals surface area contributed by atoms with Gasteiger partial charge in [0.1, 0.15) is 11.4 Å². The van der Waals surface area contributed by atoms with Crippen molar-refractivity contribution in [2.45, 2.75) is 52.9 Å². The number of ether oxygens (including phenoxy) is 1. The molecule has 3 rings (SSSR count). The first kappa shape index (κ1) is 24.5. The van der Waals surface area contributed by atoms with Crippen molar-refractivity contribution in [1.82, 2.24) is 14.8 Å². The van der Waals surface area contributed by atoms with Crippen molar-refractivity contribution in [3.63, 3.8) is 0 Å². The molecule has 2 amide bonds. The van der Waals surface area contributed by atoms with Gasteiger partial charge in [-0.3, -0.25) is 19.5 Å². The average Bonchev–Trinajstić information content (AvgIpc) is 3.08. The van der Waals surface area contributed by atoms with E-state index in [0.29, 0.717) is 37.5 Å². The number of nitrogens with zero attached hydrogens (tertiary/aromatic N) is 3. The van der Waals surface area contributed by atoms with Crippen LogP contribution in [-0.2, 0) is 16.0 Å². The number of imide groups is 1. The zero-order valence-electron chi connectivity index (χ0n) is 20.0. The summed E-state index contributed by atoms with van der Waals surface area (Å²) in [6, 6.07) is 11.4. The van der Waals surface area contributed by atoms with E-state index < -0.39 is 0 Å². The van der Waals surface area contributed by atoms with E-state index in [2.05, 4.69) is 11.9 Å². The van der Waals surface area contributed by atoms with E-state index in [-0.39, 0.29) is 11.8 Å². The van der Waals surface area contributed by atoms with Gasteiger partial charge in [-0.25, -0.2) is 0 Å². The fourth-order valence-corrected chi connectivity index (χ4v) is 4.14. The van der Waals surface area contributed by atoms with Crippen LogP contribution in [0.2, 0.25) is 0 Å². The number of carbonyl (C=O) groups is 2. The lowest BCUT2D eigenvalue weighted by atomic mass is 10.0. The summed E-state index contributed by atoms with van der Waals surface area (Å²) in [5.74, 6) is 0.372. The summed E-state index contributed by atoms with van der Waals surface area (Å²) in [5.41, 5.74) is 2.91. The van der Waals surface area contributed by atoms with Gasteiger partial charge in [-0.1, -0.05) is 38.3 Å². The van der Waals surface area contributed by atoms with Crippen LogP contribution in [0.3, 0.4) is 0 Å². The van der Waals surface area contributed by atoms with Crippen LogP contribution in [0.25, 0.3) is 5.57 Å². The summed E-state index contributed by atoms with van der Waals surface area (Å²) in [5, 5.41) is 0. The lowest BCUT2D eigenvalue weighted by Crippen LogP contribution is -2.36. The molecule has 2 aromatic rings. The largest absolute Gasteiger partial charge is 0.494 e. The predicted octanol–water partition coefficient (Wildman–Crippen LogP) is 4.71. The summed E-state index contributed by atoms with van der Waals surface area (Å²) in [4.78, 5) is 34.5. The molecule has 0 saturated carbocycles. The smallest absolute Gasteiger partial charge is 0.277 e. The summed E-state index contributed by atoms with van der Waals surface area (Å²) < 4.78 is 5.56. The third-order valence-electron chi connectivity index (χ3n) is 5.95. The van der Waals surface area contributed by atoms with Crippen molar-refractivity contribution >= 4 is 17.4 Å². The molecule has 0 saturated heterocycles. The van der Waals surface area contributed by atoms with Crippen LogP contribution in [-0.4, -0.2) is 52.8 Å². The first-order chi connectivity index (χ1) is 16.1. The number of rotatable bonds is 13. The highest BCUT2D eigenvalue weighted by molar-refractivity contribution is 6.35. The number of amides is 2. The fraction of sp³-hybridized carbons (Fsp3) is 0.444. The molecule has 6 heteroatoms. The van der Waals surface area contributed by atoms with Crippen LogP contribution in [0.4, 0.5) is 0 Å². The van der Waals surface area contributed by atoms with Crippen LogP contribution in [0.5, 0.6) is 5.75 Å². The molecule has 1 aliphatic heterocycles. The third kappa shape index (κ3) is 6.01. The van der Waals surface area contributed by atoms with Gasteiger partial charge in [-0.05, 0) is 62.1 Å². The molecule has 0 bridgehead atoms. The maximum atomic E-state index is 13.5. The van der Waals surface area contributed by atoms with Gasteiger partial charge < -0.3 is 9.64 Å². The quantitative estimate of drug-likeness (QED) is 0.327. The maximum absolute atomic E-state index is 13.5. The molecule has 176 valence electrons. The first-order valence-electron chi connectivity index (χ1n) is 12.1. The van der Waals surface area contributed by atoms with E-state index in [0.717, 1.165) is 49.0 Å². The monoisotopic (exact) mass is 449 g/mol. The van der Waals surface area contributed by atoms with Gasteiger partial charge in [-0.15, -0.1) is 0 Å². The van der Waals surface area contributed by atoms with E-state index in [9.17, 15) is 9.59 Å². The Morgan fingerprint density at radius 1 is 0.909 bits per heavy atom. The standard InChI is InChI=1S/C27H35N3O3/c1-4-7-8-9-19-30-26(31)24(22-10-12-23(13-11-22)33-6-3)25(27(30)32)29(5-2)20-16-21-14-17-28-18-15-21/h10-15,17-18H,4-9,16,19-20H2,1-3H3. The number of unbranched alkanes of at least 4 members (excludes halogenated alkanes) is 3. The number of benzene rings is 1. The minimum atomic E-state index is -0.196. The van der Waals surface area contributed by atoms with E-state index in [1.165, 1.54) is 4.90 Å². The Morgan fingerprint density at radius 3 is 2.27 bits per heavy atom. The highest BCUT2D eigenvalue weighted by Crippen LogP contribution is 2.33. The second kappa shape index (κ2) is 12.2. The second-order valence-corrected chi connectivity index (χ2v) is 8.19. The Kier molecular flexibility index (Phi) is 9.04. The summed E-state index contributed by atoms with van der Waals surface area (Å²) in [6.45, 7) is 8.45. The van der Waals surface area contributed by atoms with Gasteiger partial charge in [0.2, 0.25) is 0 Å². The molecule has 0 unspecified atom stereocenters. The Hall–Kier alpha value is -3.15. The molecule has 0 radical (unpaired) electrons. The van der Waals surface area contributed by atoms with Crippen molar-refractivity contribution < 1.29 is 14.3 Å². The molecule has 0 fully saturated rings. The Bertz CT molecular complexity index is 954. The van der Waals surface area contributed by atoms with Gasteiger partial charge >= 0.3 is 0 Å². The number of likely N-dealkylation sites (N-methyl/N-ethyl adjacent to an activating group) is 1. The van der Waals surface area contributed by atoms with Gasteiger partial charge in [0, 0.05) is 32.0 Å². The van der Waals surface area contributed by atoms with Crippen molar-refractivity contribution in [3.8, 4) is 5.75 Å². The van der Waals surface area contributed by atoms with Crippen LogP contribution in [0.15, 0.2) is 54.5 Å². The number of aromatic nitrogens is 1. The molecule has 33 heavy (non-hydrogen) atoms. The van der Waals surface area contributed by atoms with Crippen molar-refractivity contribution in [2.75, 3.05) is 26.2 Å². The number of hydrogen-bond donors (Lipinski definition) is 0. The SMILES string of the molecule is CCCCCCN1C(=O)C(c2ccc(OCC)cc2)=C(N(CC)CCc2ccncc2)C1=O.